The Hall–Kier alpha value is -1.71. The van der Waals surface area contributed by atoms with Crippen molar-refractivity contribution < 1.29 is 0 Å². The van der Waals surface area contributed by atoms with Gasteiger partial charge in [-0.2, -0.15) is 5.26 Å². The molecule has 0 bridgehead atoms. The van der Waals surface area contributed by atoms with Crippen LogP contribution < -0.4 is 5.73 Å². The predicted octanol–water partition coefficient (Wildman–Crippen LogP) is 1.46. The molecular weight excluding hydrogens is 282 g/mol. The summed E-state index contributed by atoms with van der Waals surface area (Å²) in [6.07, 6.45) is 1.52. The van der Waals surface area contributed by atoms with Crippen LogP contribution in [-0.4, -0.2) is 21.3 Å². The number of hydrogen-bond donors (Lipinski definition) is 1. The van der Waals surface area contributed by atoms with E-state index in [9.17, 15) is 0 Å². The lowest BCUT2D eigenvalue weighted by Crippen LogP contribution is -2.21. The number of benzene rings is 1. The molecule has 0 spiro atoms. The molecule has 2 aromatic rings. The van der Waals surface area contributed by atoms with Gasteiger partial charge in [0.25, 0.3) is 5.82 Å². The lowest BCUT2D eigenvalue weighted by atomic mass is 10.1. The Kier molecular flexibility index (Phi) is 3.52. The molecule has 0 aliphatic rings. The van der Waals surface area contributed by atoms with Crippen molar-refractivity contribution in [3.05, 3.63) is 46.5 Å². The van der Waals surface area contributed by atoms with E-state index in [4.69, 9.17) is 11.0 Å². The normalized spacial score (nSPS) is 12.1. The summed E-state index contributed by atoms with van der Waals surface area (Å²) in [6.45, 7) is 0.386. The van der Waals surface area contributed by atoms with Crippen molar-refractivity contribution in [3.63, 3.8) is 0 Å². The fraction of sp³-hybridized carbons (Fsp3) is 0.182. The molecule has 1 unspecified atom stereocenters. The van der Waals surface area contributed by atoms with E-state index in [1.807, 2.05) is 30.3 Å². The highest BCUT2D eigenvalue weighted by atomic mass is 79.9. The Morgan fingerprint density at radius 3 is 2.82 bits per heavy atom. The van der Waals surface area contributed by atoms with Crippen LogP contribution >= 0.6 is 15.9 Å². The summed E-state index contributed by atoms with van der Waals surface area (Å²) in [5.74, 6) is 0.149. The van der Waals surface area contributed by atoms with Crippen molar-refractivity contribution in [2.75, 3.05) is 6.54 Å². The average Bonchev–Trinajstić information content (AvgIpc) is 2.81. The Labute approximate surface area is 107 Å². The molecule has 1 aromatic carbocycles. The van der Waals surface area contributed by atoms with Crippen molar-refractivity contribution >= 4 is 15.9 Å². The summed E-state index contributed by atoms with van der Waals surface area (Å²) >= 11 is 3.48. The molecule has 5 nitrogen and oxygen atoms in total. The van der Waals surface area contributed by atoms with Crippen LogP contribution in [0.4, 0.5) is 0 Å². The maximum absolute atomic E-state index is 8.70. The van der Waals surface area contributed by atoms with Gasteiger partial charge in [0, 0.05) is 11.0 Å². The van der Waals surface area contributed by atoms with Gasteiger partial charge in [0.15, 0.2) is 0 Å². The zero-order chi connectivity index (χ0) is 12.3. The molecule has 1 atom stereocenters. The van der Waals surface area contributed by atoms with Gasteiger partial charge in [-0.05, 0) is 11.6 Å². The summed E-state index contributed by atoms with van der Waals surface area (Å²) in [5.41, 5.74) is 6.78. The maximum atomic E-state index is 8.70. The van der Waals surface area contributed by atoms with Crippen LogP contribution in [0.15, 0.2) is 35.1 Å². The summed E-state index contributed by atoms with van der Waals surface area (Å²) in [6, 6.07) is 9.55. The molecule has 0 saturated heterocycles. The minimum Gasteiger partial charge on any atom is -0.328 e. The fourth-order valence-corrected chi connectivity index (χ4v) is 2.15. The number of rotatable bonds is 3. The summed E-state index contributed by atoms with van der Waals surface area (Å²) < 4.78 is 2.57. The highest BCUT2D eigenvalue weighted by Gasteiger charge is 2.16. The van der Waals surface area contributed by atoms with Gasteiger partial charge in [-0.25, -0.2) is 9.67 Å². The molecule has 0 amide bonds. The van der Waals surface area contributed by atoms with E-state index in [0.717, 1.165) is 10.0 Å². The van der Waals surface area contributed by atoms with Gasteiger partial charge >= 0.3 is 0 Å². The van der Waals surface area contributed by atoms with E-state index in [1.165, 1.54) is 6.33 Å². The molecule has 1 heterocycles. The molecule has 86 valence electrons. The molecule has 1 aromatic heterocycles. The molecule has 0 aliphatic heterocycles. The molecule has 2 rings (SSSR count). The van der Waals surface area contributed by atoms with E-state index >= 15 is 0 Å². The zero-order valence-corrected chi connectivity index (χ0v) is 10.5. The molecule has 0 fully saturated rings. The largest absolute Gasteiger partial charge is 0.328 e. The number of hydrogen-bond acceptors (Lipinski definition) is 4. The molecular formula is C11H10BrN5. The van der Waals surface area contributed by atoms with Crippen LogP contribution in [0, 0.1) is 11.3 Å². The Balaban J connectivity index is 2.41. The first kappa shape index (κ1) is 11.8. The number of nitrogens with two attached hydrogens (primary N) is 1. The fourth-order valence-electron chi connectivity index (χ4n) is 1.60. The third-order valence-electron chi connectivity index (χ3n) is 2.42. The zero-order valence-electron chi connectivity index (χ0n) is 8.92. The second-order valence-corrected chi connectivity index (χ2v) is 4.29. The predicted molar refractivity (Wildman–Crippen MR) is 66.1 cm³/mol. The molecule has 17 heavy (non-hydrogen) atoms. The summed E-state index contributed by atoms with van der Waals surface area (Å²) in [7, 11) is 0. The first-order chi connectivity index (χ1) is 8.26. The number of nitriles is 1. The molecule has 0 aliphatic carbocycles. The van der Waals surface area contributed by atoms with Crippen molar-refractivity contribution in [1.29, 1.82) is 5.26 Å². The number of aromatic nitrogens is 3. The van der Waals surface area contributed by atoms with Crippen LogP contribution in [0.1, 0.15) is 17.4 Å². The SMILES string of the molecule is N#Cc1ncn(C(CN)c2ccccc2Br)n1. The number of nitrogens with zero attached hydrogens (tertiary/aromatic N) is 4. The van der Waals surface area contributed by atoms with Crippen LogP contribution in [-0.2, 0) is 0 Å². The van der Waals surface area contributed by atoms with Crippen LogP contribution in [0.5, 0.6) is 0 Å². The third-order valence-corrected chi connectivity index (χ3v) is 3.14. The number of halogens is 1. The van der Waals surface area contributed by atoms with Crippen molar-refractivity contribution in [1.82, 2.24) is 14.8 Å². The van der Waals surface area contributed by atoms with E-state index < -0.39 is 0 Å². The highest BCUT2D eigenvalue weighted by Crippen LogP contribution is 2.24. The molecule has 6 heteroatoms. The highest BCUT2D eigenvalue weighted by molar-refractivity contribution is 9.10. The monoisotopic (exact) mass is 291 g/mol. The van der Waals surface area contributed by atoms with Crippen LogP contribution in [0.2, 0.25) is 0 Å². The van der Waals surface area contributed by atoms with E-state index in [1.54, 1.807) is 4.68 Å². The van der Waals surface area contributed by atoms with Crippen LogP contribution in [0.3, 0.4) is 0 Å². The van der Waals surface area contributed by atoms with Gasteiger partial charge in [0.2, 0.25) is 0 Å². The average molecular weight is 292 g/mol. The van der Waals surface area contributed by atoms with Gasteiger partial charge in [-0.1, -0.05) is 34.1 Å². The lowest BCUT2D eigenvalue weighted by molar-refractivity contribution is 0.528. The smallest absolute Gasteiger partial charge is 0.252 e. The van der Waals surface area contributed by atoms with E-state index in [0.29, 0.717) is 6.54 Å². The van der Waals surface area contributed by atoms with Gasteiger partial charge in [0.05, 0.1) is 6.04 Å². The van der Waals surface area contributed by atoms with Crippen molar-refractivity contribution in [2.24, 2.45) is 5.73 Å². The standard InChI is InChI=1S/C11H10BrN5/c12-9-4-2-1-3-8(9)10(5-13)17-7-15-11(6-14)16-17/h1-4,7,10H,5,13H2. The maximum Gasteiger partial charge on any atom is 0.252 e. The summed E-state index contributed by atoms with van der Waals surface area (Å²) in [4.78, 5) is 3.88. The van der Waals surface area contributed by atoms with Gasteiger partial charge < -0.3 is 5.73 Å². The Morgan fingerprint density at radius 2 is 2.24 bits per heavy atom. The second kappa shape index (κ2) is 5.08. The van der Waals surface area contributed by atoms with Gasteiger partial charge in [-0.3, -0.25) is 0 Å². The first-order valence-corrected chi connectivity index (χ1v) is 5.81. The minimum absolute atomic E-state index is 0.125. The van der Waals surface area contributed by atoms with Gasteiger partial charge in [-0.15, -0.1) is 5.10 Å². The second-order valence-electron chi connectivity index (χ2n) is 3.43. The van der Waals surface area contributed by atoms with Crippen molar-refractivity contribution in [3.8, 4) is 6.07 Å². The molecule has 0 saturated carbocycles. The molecule has 0 radical (unpaired) electrons. The third kappa shape index (κ3) is 2.35. The van der Waals surface area contributed by atoms with E-state index in [2.05, 4.69) is 26.0 Å². The lowest BCUT2D eigenvalue weighted by Gasteiger charge is -2.16. The first-order valence-electron chi connectivity index (χ1n) is 5.02. The Bertz CT molecular complexity index is 557. The Morgan fingerprint density at radius 1 is 1.47 bits per heavy atom. The minimum atomic E-state index is -0.125. The topological polar surface area (TPSA) is 80.5 Å². The van der Waals surface area contributed by atoms with Crippen LogP contribution in [0.25, 0.3) is 0 Å². The van der Waals surface area contributed by atoms with E-state index in [-0.39, 0.29) is 11.9 Å². The quantitative estimate of drug-likeness (QED) is 0.928. The van der Waals surface area contributed by atoms with Gasteiger partial charge in [0.1, 0.15) is 12.4 Å². The van der Waals surface area contributed by atoms with Crippen molar-refractivity contribution in [2.45, 2.75) is 6.04 Å². The summed E-state index contributed by atoms with van der Waals surface area (Å²) in [5, 5.41) is 12.8. The molecule has 2 N–H and O–H groups in total.